The van der Waals surface area contributed by atoms with E-state index in [0.29, 0.717) is 0 Å². The highest BCUT2D eigenvalue weighted by atomic mass is 15.1. The molecular formula is C13H28N2. The van der Waals surface area contributed by atoms with Crippen molar-refractivity contribution >= 4 is 0 Å². The standard InChI is InChI=1S/C13H28N2/c1-4-5-6-11-15(3)12(2)9-10-14-13-7-8-13/h12-14H,4-11H2,1-3H3. The average Bonchev–Trinajstić information content (AvgIpc) is 3.02. The Morgan fingerprint density at radius 3 is 2.67 bits per heavy atom. The molecule has 0 aromatic carbocycles. The Kier molecular flexibility index (Phi) is 6.26. The smallest absolute Gasteiger partial charge is 0.00759 e. The predicted octanol–water partition coefficient (Wildman–Crippen LogP) is 2.64. The van der Waals surface area contributed by atoms with Gasteiger partial charge in [0.15, 0.2) is 0 Å². The number of unbranched alkanes of at least 4 members (excludes halogenated alkanes) is 2. The third-order valence-corrected chi connectivity index (χ3v) is 3.44. The van der Waals surface area contributed by atoms with E-state index in [2.05, 4.69) is 31.1 Å². The van der Waals surface area contributed by atoms with Gasteiger partial charge in [0, 0.05) is 12.1 Å². The molecule has 1 aliphatic carbocycles. The fourth-order valence-electron chi connectivity index (χ4n) is 1.84. The lowest BCUT2D eigenvalue weighted by Gasteiger charge is -2.24. The topological polar surface area (TPSA) is 15.3 Å². The molecule has 0 amide bonds. The molecule has 1 rings (SSSR count). The van der Waals surface area contributed by atoms with Crippen LogP contribution in [0.5, 0.6) is 0 Å². The van der Waals surface area contributed by atoms with Crippen molar-refractivity contribution in [2.24, 2.45) is 0 Å². The van der Waals surface area contributed by atoms with E-state index in [1.54, 1.807) is 0 Å². The normalized spacial score (nSPS) is 18.4. The maximum absolute atomic E-state index is 3.58. The molecule has 2 heteroatoms. The Morgan fingerprint density at radius 2 is 2.07 bits per heavy atom. The SMILES string of the molecule is CCCCCN(C)C(C)CCNC1CC1. The Morgan fingerprint density at radius 1 is 1.33 bits per heavy atom. The van der Waals surface area contributed by atoms with Crippen LogP contribution < -0.4 is 5.32 Å². The largest absolute Gasteiger partial charge is 0.314 e. The van der Waals surface area contributed by atoms with E-state index in [4.69, 9.17) is 0 Å². The molecule has 1 unspecified atom stereocenters. The molecule has 1 fully saturated rings. The molecule has 0 heterocycles. The van der Waals surface area contributed by atoms with Crippen LogP contribution in [0.1, 0.15) is 52.4 Å². The molecule has 0 spiro atoms. The minimum absolute atomic E-state index is 0.730. The van der Waals surface area contributed by atoms with Crippen molar-refractivity contribution in [2.75, 3.05) is 20.1 Å². The molecule has 0 saturated heterocycles. The van der Waals surface area contributed by atoms with Gasteiger partial charge in [-0.25, -0.2) is 0 Å². The van der Waals surface area contributed by atoms with Gasteiger partial charge in [-0.15, -0.1) is 0 Å². The summed E-state index contributed by atoms with van der Waals surface area (Å²) in [6.45, 7) is 7.08. The van der Waals surface area contributed by atoms with Crippen LogP contribution >= 0.6 is 0 Å². The zero-order valence-corrected chi connectivity index (χ0v) is 10.8. The number of nitrogens with zero attached hydrogens (tertiary/aromatic N) is 1. The fourth-order valence-corrected chi connectivity index (χ4v) is 1.84. The summed E-state index contributed by atoms with van der Waals surface area (Å²) in [5.41, 5.74) is 0. The lowest BCUT2D eigenvalue weighted by atomic mass is 10.2. The van der Waals surface area contributed by atoms with Gasteiger partial charge < -0.3 is 10.2 Å². The second-order valence-electron chi connectivity index (χ2n) is 5.05. The third kappa shape index (κ3) is 6.16. The van der Waals surface area contributed by atoms with Crippen molar-refractivity contribution in [1.29, 1.82) is 0 Å². The molecule has 1 N–H and O–H groups in total. The monoisotopic (exact) mass is 212 g/mol. The summed E-state index contributed by atoms with van der Waals surface area (Å²) >= 11 is 0. The third-order valence-electron chi connectivity index (χ3n) is 3.44. The zero-order chi connectivity index (χ0) is 11.1. The molecule has 90 valence electrons. The predicted molar refractivity (Wildman–Crippen MR) is 67.3 cm³/mol. The lowest BCUT2D eigenvalue weighted by Crippen LogP contribution is -2.33. The van der Waals surface area contributed by atoms with Crippen molar-refractivity contribution in [3.63, 3.8) is 0 Å². The molecule has 0 aromatic rings. The molecule has 0 aromatic heterocycles. The van der Waals surface area contributed by atoms with Crippen LogP contribution in [0, 0.1) is 0 Å². The van der Waals surface area contributed by atoms with Crippen LogP contribution in [-0.2, 0) is 0 Å². The van der Waals surface area contributed by atoms with E-state index in [-0.39, 0.29) is 0 Å². The van der Waals surface area contributed by atoms with Crippen LogP contribution in [-0.4, -0.2) is 37.1 Å². The second kappa shape index (κ2) is 7.24. The first-order valence-corrected chi connectivity index (χ1v) is 6.67. The summed E-state index contributed by atoms with van der Waals surface area (Å²) in [4.78, 5) is 2.50. The summed E-state index contributed by atoms with van der Waals surface area (Å²) in [5.74, 6) is 0. The van der Waals surface area contributed by atoms with Crippen LogP contribution in [0.3, 0.4) is 0 Å². The summed E-state index contributed by atoms with van der Waals surface area (Å²) in [6.07, 6.45) is 8.15. The van der Waals surface area contributed by atoms with E-state index in [9.17, 15) is 0 Å². The van der Waals surface area contributed by atoms with E-state index < -0.39 is 0 Å². The van der Waals surface area contributed by atoms with Crippen LogP contribution in [0.2, 0.25) is 0 Å². The van der Waals surface area contributed by atoms with Gasteiger partial charge in [-0.3, -0.25) is 0 Å². The van der Waals surface area contributed by atoms with E-state index >= 15 is 0 Å². The highest BCUT2D eigenvalue weighted by Crippen LogP contribution is 2.18. The molecule has 1 aliphatic rings. The first-order valence-electron chi connectivity index (χ1n) is 6.67. The summed E-state index contributed by atoms with van der Waals surface area (Å²) in [6, 6.07) is 1.59. The van der Waals surface area contributed by atoms with Crippen molar-refractivity contribution in [2.45, 2.75) is 64.5 Å². The van der Waals surface area contributed by atoms with Gasteiger partial charge in [0.2, 0.25) is 0 Å². The first-order chi connectivity index (χ1) is 7.24. The van der Waals surface area contributed by atoms with Crippen LogP contribution in [0.25, 0.3) is 0 Å². The lowest BCUT2D eigenvalue weighted by molar-refractivity contribution is 0.239. The first kappa shape index (κ1) is 13.0. The van der Waals surface area contributed by atoms with Gasteiger partial charge in [0.05, 0.1) is 0 Å². The zero-order valence-electron chi connectivity index (χ0n) is 10.8. The molecule has 1 atom stereocenters. The highest BCUT2D eigenvalue weighted by molar-refractivity contribution is 4.81. The minimum Gasteiger partial charge on any atom is -0.314 e. The van der Waals surface area contributed by atoms with Crippen molar-refractivity contribution < 1.29 is 0 Å². The Bertz CT molecular complexity index is 155. The molecule has 0 bridgehead atoms. The Labute approximate surface area is 95.4 Å². The fraction of sp³-hybridized carbons (Fsp3) is 1.00. The van der Waals surface area contributed by atoms with Crippen molar-refractivity contribution in [1.82, 2.24) is 10.2 Å². The molecule has 1 saturated carbocycles. The molecular weight excluding hydrogens is 184 g/mol. The highest BCUT2D eigenvalue weighted by Gasteiger charge is 2.20. The second-order valence-corrected chi connectivity index (χ2v) is 5.05. The Balaban J connectivity index is 1.95. The number of rotatable bonds is 9. The quantitative estimate of drug-likeness (QED) is 0.591. The van der Waals surface area contributed by atoms with Crippen LogP contribution in [0.4, 0.5) is 0 Å². The van der Waals surface area contributed by atoms with Gasteiger partial charge in [0.25, 0.3) is 0 Å². The van der Waals surface area contributed by atoms with Crippen LogP contribution in [0.15, 0.2) is 0 Å². The average molecular weight is 212 g/mol. The van der Waals surface area contributed by atoms with Gasteiger partial charge in [-0.2, -0.15) is 0 Å². The Hall–Kier alpha value is -0.0800. The maximum Gasteiger partial charge on any atom is 0.00759 e. The molecule has 0 aliphatic heterocycles. The van der Waals surface area contributed by atoms with E-state index in [0.717, 1.165) is 12.1 Å². The number of hydrogen-bond donors (Lipinski definition) is 1. The molecule has 0 radical (unpaired) electrons. The summed E-state index contributed by atoms with van der Waals surface area (Å²) in [7, 11) is 2.26. The van der Waals surface area contributed by atoms with Crippen molar-refractivity contribution in [3.05, 3.63) is 0 Å². The van der Waals surface area contributed by atoms with Crippen molar-refractivity contribution in [3.8, 4) is 0 Å². The maximum atomic E-state index is 3.58. The van der Waals surface area contributed by atoms with Gasteiger partial charge in [-0.1, -0.05) is 19.8 Å². The van der Waals surface area contributed by atoms with Gasteiger partial charge in [0.1, 0.15) is 0 Å². The van der Waals surface area contributed by atoms with E-state index in [1.165, 1.54) is 51.6 Å². The molecule has 2 nitrogen and oxygen atoms in total. The summed E-state index contributed by atoms with van der Waals surface area (Å²) in [5, 5.41) is 3.58. The number of hydrogen-bond acceptors (Lipinski definition) is 2. The van der Waals surface area contributed by atoms with Gasteiger partial charge >= 0.3 is 0 Å². The number of nitrogens with one attached hydrogen (secondary N) is 1. The summed E-state index contributed by atoms with van der Waals surface area (Å²) < 4.78 is 0. The molecule has 15 heavy (non-hydrogen) atoms. The van der Waals surface area contributed by atoms with E-state index in [1.807, 2.05) is 0 Å². The minimum atomic E-state index is 0.730. The van der Waals surface area contributed by atoms with Gasteiger partial charge in [-0.05, 0) is 52.7 Å².